The molecule has 0 bridgehead atoms. The Bertz CT molecular complexity index is 1560. The summed E-state index contributed by atoms with van der Waals surface area (Å²) >= 11 is 5.40. The number of benzene rings is 3. The summed E-state index contributed by atoms with van der Waals surface area (Å²) in [5.74, 6) is 2.25. The fourth-order valence-corrected chi connectivity index (χ4v) is 4.38. The molecule has 0 aliphatic rings. The maximum atomic E-state index is 12.7. The Morgan fingerprint density at radius 1 is 1.00 bits per heavy atom. The number of nitrogens with zero attached hydrogens (tertiary/aromatic N) is 4. The lowest BCUT2D eigenvalue weighted by molar-refractivity contribution is -0.116. The van der Waals surface area contributed by atoms with Crippen LogP contribution in [0.25, 0.3) is 33.8 Å². The Morgan fingerprint density at radius 3 is 2.42 bits per heavy atom. The van der Waals surface area contributed by atoms with Crippen molar-refractivity contribution in [2.75, 3.05) is 11.9 Å². The molecule has 9 heteroatoms. The number of carbonyl (C=O) groups is 1. The number of anilines is 1. The lowest BCUT2D eigenvalue weighted by atomic mass is 10.2. The monoisotopic (exact) mass is 498 g/mol. The molecule has 182 valence electrons. The van der Waals surface area contributed by atoms with Gasteiger partial charge in [-0.25, -0.2) is 4.98 Å². The number of rotatable bonds is 8. The molecule has 5 rings (SSSR count). The number of carbonyl (C=O) groups excluding carboxylic acids is 1. The number of aromatic nitrogens is 5. The number of nitrogens with one attached hydrogen (secondary N) is 2. The predicted octanol–water partition coefficient (Wildman–Crippen LogP) is 5.59. The molecular formula is C27H26N6O2S. The van der Waals surface area contributed by atoms with Gasteiger partial charge in [0.1, 0.15) is 11.6 Å². The topological polar surface area (TPSA) is 89.8 Å². The first-order valence-electron chi connectivity index (χ1n) is 11.7. The molecule has 5 aromatic rings. The molecule has 36 heavy (non-hydrogen) atoms. The number of para-hydroxylation sites is 2. The minimum absolute atomic E-state index is 0.105. The van der Waals surface area contributed by atoms with Gasteiger partial charge in [-0.3, -0.25) is 14.5 Å². The molecule has 1 amide bonds. The van der Waals surface area contributed by atoms with Crippen molar-refractivity contribution in [2.45, 2.75) is 19.9 Å². The lowest BCUT2D eigenvalue weighted by Crippen LogP contribution is -2.15. The number of hydrogen-bond donors (Lipinski definition) is 2. The van der Waals surface area contributed by atoms with Crippen LogP contribution in [0.5, 0.6) is 5.75 Å². The molecule has 0 aliphatic heterocycles. The van der Waals surface area contributed by atoms with Gasteiger partial charge in [-0.15, -0.1) is 0 Å². The second-order valence-electron chi connectivity index (χ2n) is 8.32. The third-order valence-corrected chi connectivity index (χ3v) is 6.27. The fourth-order valence-electron chi connectivity index (χ4n) is 4.16. The Kier molecular flexibility index (Phi) is 6.64. The highest BCUT2D eigenvalue weighted by molar-refractivity contribution is 7.71. The zero-order valence-electron chi connectivity index (χ0n) is 20.1. The number of ether oxygens (including phenoxy) is 1. The minimum atomic E-state index is -0.105. The number of aryl methyl sites for hydroxylation is 1. The molecule has 0 saturated heterocycles. The van der Waals surface area contributed by atoms with Crippen molar-refractivity contribution >= 4 is 34.8 Å². The van der Waals surface area contributed by atoms with E-state index in [0.717, 1.165) is 39.4 Å². The number of hydrogen-bond acceptors (Lipinski definition) is 5. The van der Waals surface area contributed by atoms with Crippen LogP contribution in [-0.2, 0) is 18.4 Å². The summed E-state index contributed by atoms with van der Waals surface area (Å²) in [6, 6.07) is 23.4. The van der Waals surface area contributed by atoms with Crippen molar-refractivity contribution in [1.82, 2.24) is 24.3 Å². The highest BCUT2D eigenvalue weighted by atomic mass is 32.1. The zero-order chi connectivity index (χ0) is 25.1. The summed E-state index contributed by atoms with van der Waals surface area (Å²) in [4.78, 5) is 17.4. The number of H-pyrrole nitrogens is 1. The van der Waals surface area contributed by atoms with Gasteiger partial charge in [0, 0.05) is 36.8 Å². The molecule has 0 fully saturated rings. The third kappa shape index (κ3) is 4.78. The molecule has 0 aliphatic carbocycles. The van der Waals surface area contributed by atoms with Crippen LogP contribution in [0, 0.1) is 4.77 Å². The maximum Gasteiger partial charge on any atom is 0.226 e. The molecule has 0 atom stereocenters. The predicted molar refractivity (Wildman–Crippen MR) is 143 cm³/mol. The molecule has 0 saturated carbocycles. The molecule has 0 unspecified atom stereocenters. The van der Waals surface area contributed by atoms with Crippen LogP contribution in [0.4, 0.5) is 5.69 Å². The average Bonchev–Trinajstić information content (AvgIpc) is 3.43. The van der Waals surface area contributed by atoms with E-state index in [-0.39, 0.29) is 12.3 Å². The first-order valence-corrected chi connectivity index (χ1v) is 12.1. The lowest BCUT2D eigenvalue weighted by Gasteiger charge is -2.09. The van der Waals surface area contributed by atoms with E-state index in [2.05, 4.69) is 20.1 Å². The van der Waals surface area contributed by atoms with E-state index in [1.165, 1.54) is 0 Å². The van der Waals surface area contributed by atoms with Gasteiger partial charge in [-0.05, 0) is 79.8 Å². The summed E-state index contributed by atoms with van der Waals surface area (Å²) in [6.45, 7) is 2.96. The van der Waals surface area contributed by atoms with Gasteiger partial charge in [-0.1, -0.05) is 12.1 Å². The van der Waals surface area contributed by atoms with Gasteiger partial charge in [0.15, 0.2) is 10.6 Å². The summed E-state index contributed by atoms with van der Waals surface area (Å²) < 4.78 is 9.88. The van der Waals surface area contributed by atoms with E-state index in [1.807, 2.05) is 91.3 Å². The molecule has 2 heterocycles. The largest absolute Gasteiger partial charge is 0.494 e. The van der Waals surface area contributed by atoms with Crippen LogP contribution in [0.2, 0.25) is 0 Å². The fraction of sp³-hybridized carbons (Fsp3) is 0.185. The first-order chi connectivity index (χ1) is 17.5. The van der Waals surface area contributed by atoms with Gasteiger partial charge in [0.05, 0.1) is 17.6 Å². The van der Waals surface area contributed by atoms with E-state index in [9.17, 15) is 4.79 Å². The van der Waals surface area contributed by atoms with Crippen LogP contribution in [0.1, 0.15) is 13.3 Å². The molecule has 0 radical (unpaired) electrons. The van der Waals surface area contributed by atoms with Crippen LogP contribution in [0.15, 0.2) is 72.8 Å². The quantitative estimate of drug-likeness (QED) is 0.272. The maximum absolute atomic E-state index is 12.7. The van der Waals surface area contributed by atoms with Gasteiger partial charge in [-0.2, -0.15) is 5.10 Å². The van der Waals surface area contributed by atoms with Gasteiger partial charge >= 0.3 is 0 Å². The number of imidazole rings is 1. The highest BCUT2D eigenvalue weighted by Gasteiger charge is 2.12. The normalized spacial score (nSPS) is 11.1. The van der Waals surface area contributed by atoms with Crippen LogP contribution in [0.3, 0.4) is 0 Å². The van der Waals surface area contributed by atoms with Crippen molar-refractivity contribution < 1.29 is 9.53 Å². The summed E-state index contributed by atoms with van der Waals surface area (Å²) in [5, 5.41) is 10.1. The molecule has 0 spiro atoms. The number of fused-ring (bicyclic) bond motifs is 1. The average molecular weight is 499 g/mol. The highest BCUT2D eigenvalue weighted by Crippen LogP contribution is 2.25. The molecule has 2 N–H and O–H groups in total. The number of amides is 1. The van der Waals surface area contributed by atoms with E-state index >= 15 is 0 Å². The molecule has 3 aromatic carbocycles. The zero-order valence-corrected chi connectivity index (χ0v) is 20.9. The summed E-state index contributed by atoms with van der Waals surface area (Å²) in [5.41, 5.74) is 4.63. The van der Waals surface area contributed by atoms with Crippen molar-refractivity contribution in [2.24, 2.45) is 7.05 Å². The third-order valence-electron chi connectivity index (χ3n) is 5.96. The van der Waals surface area contributed by atoms with Crippen molar-refractivity contribution in [1.29, 1.82) is 0 Å². The molecular weight excluding hydrogens is 472 g/mol. The van der Waals surface area contributed by atoms with Crippen molar-refractivity contribution in [3.05, 3.63) is 77.6 Å². The van der Waals surface area contributed by atoms with Crippen molar-refractivity contribution in [3.8, 4) is 28.5 Å². The summed E-state index contributed by atoms with van der Waals surface area (Å²) in [6.07, 6.45) is 0.254. The first kappa shape index (κ1) is 23.5. The second kappa shape index (κ2) is 10.2. The minimum Gasteiger partial charge on any atom is -0.494 e. The van der Waals surface area contributed by atoms with Crippen LogP contribution < -0.4 is 10.1 Å². The summed E-state index contributed by atoms with van der Waals surface area (Å²) in [7, 11) is 2.00. The van der Waals surface area contributed by atoms with Gasteiger partial charge in [0.2, 0.25) is 5.91 Å². The van der Waals surface area contributed by atoms with E-state index in [0.29, 0.717) is 23.7 Å². The van der Waals surface area contributed by atoms with E-state index < -0.39 is 0 Å². The van der Waals surface area contributed by atoms with Gasteiger partial charge in [0.25, 0.3) is 0 Å². The Hall–Kier alpha value is -4.24. The molecule has 2 aromatic heterocycles. The Morgan fingerprint density at radius 2 is 1.69 bits per heavy atom. The van der Waals surface area contributed by atoms with Crippen LogP contribution in [-0.4, -0.2) is 36.8 Å². The second-order valence-corrected chi connectivity index (χ2v) is 8.71. The SMILES string of the molecule is CCOc1ccc(-c2n[nH]c(=S)n2CCC(=O)Nc2ccc(-c3nc4ccccc4n3C)cc2)cc1. The van der Waals surface area contributed by atoms with E-state index in [4.69, 9.17) is 21.9 Å². The van der Waals surface area contributed by atoms with E-state index in [1.54, 1.807) is 0 Å². The van der Waals surface area contributed by atoms with Crippen LogP contribution >= 0.6 is 12.2 Å². The molecule has 8 nitrogen and oxygen atoms in total. The Labute approximate surface area is 213 Å². The van der Waals surface area contributed by atoms with Crippen molar-refractivity contribution in [3.63, 3.8) is 0 Å². The smallest absolute Gasteiger partial charge is 0.226 e. The number of aromatic amines is 1. The Balaban J connectivity index is 1.24. The van der Waals surface area contributed by atoms with Gasteiger partial charge < -0.3 is 14.6 Å². The standard InChI is InChI=1S/C27H26N6O2S/c1-3-35-21-14-10-19(11-15-21)26-30-31-27(36)33(26)17-16-24(34)28-20-12-8-18(9-13-20)25-29-22-6-4-5-7-23(22)32(25)2/h4-15H,3,16-17H2,1-2H3,(H,28,34)(H,31,36).